The zero-order valence-corrected chi connectivity index (χ0v) is 19.9. The van der Waals surface area contributed by atoms with Gasteiger partial charge in [0.25, 0.3) is 10.0 Å². The molecule has 2 aliphatic rings. The topological polar surface area (TPSA) is 121 Å². The molecule has 2 aliphatic carbocycles. The summed E-state index contributed by atoms with van der Waals surface area (Å²) in [7, 11) is -2.43. The first kappa shape index (κ1) is 23.9. The second-order valence-electron chi connectivity index (χ2n) is 8.53. The molecule has 1 heterocycles. The molecule has 2 fully saturated rings. The van der Waals surface area contributed by atoms with Gasteiger partial charge in [-0.3, -0.25) is 10.1 Å². The number of likely N-dealkylation sites (N-methyl/N-ethyl adjacent to an activating group) is 1. The maximum Gasteiger partial charge on any atom is 0.324 e. The van der Waals surface area contributed by atoms with Crippen LogP contribution in [0.2, 0.25) is 0 Å². The van der Waals surface area contributed by atoms with E-state index in [4.69, 9.17) is 0 Å². The predicted molar refractivity (Wildman–Crippen MR) is 121 cm³/mol. The van der Waals surface area contributed by atoms with Crippen molar-refractivity contribution in [2.24, 2.45) is 5.92 Å². The SMILES string of the molecule is CNC(=O)CNS(=O)(=O)c1cnc(NC(=O)N(C2CCCCC2)[C@H]2CC[C@H](C)CC2)s1. The Morgan fingerprint density at radius 1 is 1.10 bits per heavy atom. The first-order chi connectivity index (χ1) is 14.8. The van der Waals surface area contributed by atoms with Crippen molar-refractivity contribution in [1.29, 1.82) is 0 Å². The van der Waals surface area contributed by atoms with Crippen molar-refractivity contribution < 1.29 is 18.0 Å². The molecular weight excluding hydrogens is 438 g/mol. The van der Waals surface area contributed by atoms with Crippen LogP contribution in [0.1, 0.15) is 64.7 Å². The van der Waals surface area contributed by atoms with Gasteiger partial charge >= 0.3 is 6.03 Å². The molecule has 0 aliphatic heterocycles. The lowest BCUT2D eigenvalue weighted by atomic mass is 9.84. The fourth-order valence-corrected chi connectivity index (χ4v) is 6.47. The number of rotatable bonds is 7. The highest BCUT2D eigenvalue weighted by atomic mass is 32.2. The van der Waals surface area contributed by atoms with Crippen LogP contribution in [-0.4, -0.2) is 55.9 Å². The summed E-state index contributed by atoms with van der Waals surface area (Å²) < 4.78 is 26.9. The summed E-state index contributed by atoms with van der Waals surface area (Å²) in [5.74, 6) is 0.257. The van der Waals surface area contributed by atoms with Gasteiger partial charge < -0.3 is 10.2 Å². The highest BCUT2D eigenvalue weighted by Gasteiger charge is 2.34. The average molecular weight is 472 g/mol. The minimum Gasteiger partial charge on any atom is -0.358 e. The number of urea groups is 1. The quantitative estimate of drug-likeness (QED) is 0.565. The Bertz CT molecular complexity index is 859. The van der Waals surface area contributed by atoms with E-state index in [0.717, 1.165) is 62.7 Å². The lowest BCUT2D eigenvalue weighted by Gasteiger charge is -2.42. The molecule has 2 saturated carbocycles. The van der Waals surface area contributed by atoms with E-state index >= 15 is 0 Å². The van der Waals surface area contributed by atoms with Gasteiger partial charge in [0.15, 0.2) is 9.34 Å². The molecule has 0 bridgehead atoms. The Morgan fingerprint density at radius 3 is 2.39 bits per heavy atom. The maximum atomic E-state index is 13.3. The van der Waals surface area contributed by atoms with Gasteiger partial charge in [0.1, 0.15) is 0 Å². The normalized spacial score (nSPS) is 22.6. The van der Waals surface area contributed by atoms with Gasteiger partial charge in [-0.05, 0) is 44.4 Å². The molecule has 0 radical (unpaired) electrons. The second kappa shape index (κ2) is 10.7. The summed E-state index contributed by atoms with van der Waals surface area (Å²) in [6, 6.07) is 0.254. The zero-order valence-electron chi connectivity index (χ0n) is 18.2. The fraction of sp³-hybridized carbons (Fsp3) is 0.750. The largest absolute Gasteiger partial charge is 0.358 e. The Hall–Kier alpha value is -1.72. The Balaban J connectivity index is 1.69. The molecule has 3 N–H and O–H groups in total. The fourth-order valence-electron chi connectivity index (χ4n) is 4.43. The predicted octanol–water partition coefficient (Wildman–Crippen LogP) is 2.91. The van der Waals surface area contributed by atoms with Crippen LogP contribution in [0.25, 0.3) is 0 Å². The average Bonchev–Trinajstić information content (AvgIpc) is 3.24. The van der Waals surface area contributed by atoms with Gasteiger partial charge in [0.2, 0.25) is 5.91 Å². The molecule has 9 nitrogen and oxygen atoms in total. The summed E-state index contributed by atoms with van der Waals surface area (Å²) in [5, 5.41) is 5.44. The highest BCUT2D eigenvalue weighted by molar-refractivity contribution is 7.91. The van der Waals surface area contributed by atoms with Crippen LogP contribution < -0.4 is 15.4 Å². The molecule has 1 aromatic rings. The van der Waals surface area contributed by atoms with Gasteiger partial charge in [-0.2, -0.15) is 0 Å². The van der Waals surface area contributed by atoms with E-state index < -0.39 is 15.9 Å². The van der Waals surface area contributed by atoms with Gasteiger partial charge in [0.05, 0.1) is 12.7 Å². The number of nitrogens with one attached hydrogen (secondary N) is 3. The minimum absolute atomic E-state index is 0.0394. The van der Waals surface area contributed by atoms with Crippen molar-refractivity contribution in [1.82, 2.24) is 19.9 Å². The number of anilines is 1. The number of carbonyl (C=O) groups is 2. The molecule has 0 atom stereocenters. The number of sulfonamides is 1. The van der Waals surface area contributed by atoms with E-state index in [2.05, 4.69) is 27.3 Å². The zero-order chi connectivity index (χ0) is 22.4. The van der Waals surface area contributed by atoms with Crippen molar-refractivity contribution >= 4 is 38.4 Å². The molecule has 0 aromatic carbocycles. The van der Waals surface area contributed by atoms with Crippen LogP contribution in [0, 0.1) is 5.92 Å². The standard InChI is InChI=1S/C20H33N5O4S2/c1-14-8-10-16(11-9-14)25(15-6-4-3-5-7-15)20(27)24-19-22-13-18(30-19)31(28,29)23-12-17(26)21-2/h13-16,23H,3-12H2,1-2H3,(H,21,26)(H,22,24,27)/t14-,16-. The van der Waals surface area contributed by atoms with E-state index in [1.165, 1.54) is 19.7 Å². The second-order valence-corrected chi connectivity index (χ2v) is 11.5. The lowest BCUT2D eigenvalue weighted by molar-refractivity contribution is -0.119. The Morgan fingerprint density at radius 2 is 1.74 bits per heavy atom. The van der Waals surface area contributed by atoms with Crippen molar-refractivity contribution in [3.8, 4) is 0 Å². The summed E-state index contributed by atoms with van der Waals surface area (Å²) in [6.45, 7) is 1.91. The van der Waals surface area contributed by atoms with Crippen molar-refractivity contribution in [2.45, 2.75) is 81.0 Å². The molecule has 3 rings (SSSR count). The summed E-state index contributed by atoms with van der Waals surface area (Å²) in [4.78, 5) is 30.7. The number of hydrogen-bond acceptors (Lipinski definition) is 6. The minimum atomic E-state index is -3.87. The van der Waals surface area contributed by atoms with Crippen LogP contribution in [0.15, 0.2) is 10.4 Å². The van der Waals surface area contributed by atoms with Gasteiger partial charge in [-0.25, -0.2) is 22.9 Å². The summed E-state index contributed by atoms with van der Waals surface area (Å²) >= 11 is 0.887. The van der Waals surface area contributed by atoms with Gasteiger partial charge in [-0.1, -0.05) is 37.5 Å². The number of hydrogen-bond donors (Lipinski definition) is 3. The van der Waals surface area contributed by atoms with Crippen LogP contribution in [0.4, 0.5) is 9.93 Å². The smallest absolute Gasteiger partial charge is 0.324 e. The van der Waals surface area contributed by atoms with Crippen molar-refractivity contribution in [3.05, 3.63) is 6.20 Å². The first-order valence-electron chi connectivity index (χ1n) is 11.1. The number of thiazole rings is 1. The van der Waals surface area contributed by atoms with Crippen LogP contribution >= 0.6 is 11.3 Å². The molecule has 0 saturated heterocycles. The molecule has 0 unspecified atom stereocenters. The summed E-state index contributed by atoms with van der Waals surface area (Å²) in [5.41, 5.74) is 0. The monoisotopic (exact) mass is 471 g/mol. The van der Waals surface area contributed by atoms with E-state index in [-0.39, 0.29) is 34.0 Å². The number of carbonyl (C=O) groups excluding carboxylic acids is 2. The third kappa shape index (κ3) is 6.39. The molecule has 0 spiro atoms. The third-order valence-corrected chi connectivity index (χ3v) is 9.02. The Kier molecular flexibility index (Phi) is 8.29. The maximum absolute atomic E-state index is 13.3. The molecule has 174 valence electrons. The number of aromatic nitrogens is 1. The van der Waals surface area contributed by atoms with Crippen molar-refractivity contribution in [2.75, 3.05) is 18.9 Å². The molecule has 1 aromatic heterocycles. The van der Waals surface area contributed by atoms with Crippen LogP contribution in [0.3, 0.4) is 0 Å². The van der Waals surface area contributed by atoms with E-state index in [9.17, 15) is 18.0 Å². The van der Waals surface area contributed by atoms with Crippen LogP contribution in [-0.2, 0) is 14.8 Å². The molecule has 31 heavy (non-hydrogen) atoms. The van der Waals surface area contributed by atoms with E-state index in [1.54, 1.807) is 0 Å². The van der Waals surface area contributed by atoms with Crippen LogP contribution in [0.5, 0.6) is 0 Å². The molecule has 3 amide bonds. The molecule has 11 heteroatoms. The summed E-state index contributed by atoms with van der Waals surface area (Å²) in [6.07, 6.45) is 11.0. The van der Waals surface area contributed by atoms with E-state index in [0.29, 0.717) is 5.92 Å². The van der Waals surface area contributed by atoms with Gasteiger partial charge in [-0.15, -0.1) is 0 Å². The Labute approximate surface area is 188 Å². The highest BCUT2D eigenvalue weighted by Crippen LogP contribution is 2.33. The lowest BCUT2D eigenvalue weighted by Crippen LogP contribution is -2.51. The van der Waals surface area contributed by atoms with Gasteiger partial charge in [0, 0.05) is 19.1 Å². The molecular formula is C20H33N5O4S2. The third-order valence-electron chi connectivity index (χ3n) is 6.25. The number of nitrogens with zero attached hydrogens (tertiary/aromatic N) is 2. The van der Waals surface area contributed by atoms with Crippen molar-refractivity contribution in [3.63, 3.8) is 0 Å². The first-order valence-corrected chi connectivity index (χ1v) is 13.4. The number of amides is 3. The van der Waals surface area contributed by atoms with E-state index in [1.807, 2.05) is 4.90 Å².